The van der Waals surface area contributed by atoms with E-state index in [0.717, 1.165) is 12.3 Å². The number of pyridine rings is 1. The number of hydrogen-bond acceptors (Lipinski definition) is 8. The summed E-state index contributed by atoms with van der Waals surface area (Å²) in [5.74, 6) is -0.455. The third-order valence-corrected chi connectivity index (χ3v) is 6.81. The van der Waals surface area contributed by atoms with Crippen LogP contribution in [0.2, 0.25) is 0 Å². The lowest BCUT2D eigenvalue weighted by Crippen LogP contribution is -2.38. The van der Waals surface area contributed by atoms with Crippen LogP contribution >= 0.6 is 0 Å². The highest BCUT2D eigenvalue weighted by Gasteiger charge is 2.40. The van der Waals surface area contributed by atoms with Crippen molar-refractivity contribution in [2.24, 2.45) is 0 Å². The fraction of sp³-hybridized carbons (Fsp3) is 0.381. The lowest BCUT2D eigenvalue weighted by Gasteiger charge is -2.28. The van der Waals surface area contributed by atoms with Crippen molar-refractivity contribution in [2.45, 2.75) is 49.3 Å². The molecule has 1 aliphatic carbocycles. The molecule has 12 heteroatoms. The van der Waals surface area contributed by atoms with Crippen LogP contribution in [0.5, 0.6) is 5.75 Å². The van der Waals surface area contributed by atoms with E-state index in [0.29, 0.717) is 24.9 Å². The molecule has 9 nitrogen and oxygen atoms in total. The van der Waals surface area contributed by atoms with Crippen molar-refractivity contribution in [3.63, 3.8) is 0 Å². The normalized spacial score (nSPS) is 21.0. The molecule has 0 bridgehead atoms. The maximum Gasteiger partial charge on any atom is 0.387 e. The zero-order valence-electron chi connectivity index (χ0n) is 17.8. The Morgan fingerprint density at radius 2 is 2.00 bits per heavy atom. The number of benzene rings is 1. The van der Waals surface area contributed by atoms with Gasteiger partial charge in [-0.1, -0.05) is 0 Å². The van der Waals surface area contributed by atoms with E-state index >= 15 is 0 Å². The first-order chi connectivity index (χ1) is 15.5. The molecular weight excluding hydrogens is 458 g/mol. The molecule has 2 atom stereocenters. The summed E-state index contributed by atoms with van der Waals surface area (Å²) in [4.78, 5) is 21.8. The van der Waals surface area contributed by atoms with Gasteiger partial charge >= 0.3 is 6.61 Å². The van der Waals surface area contributed by atoms with Gasteiger partial charge in [-0.15, -0.1) is 0 Å². The molecule has 2 heterocycles. The van der Waals surface area contributed by atoms with E-state index in [4.69, 9.17) is 0 Å². The van der Waals surface area contributed by atoms with Crippen LogP contribution in [0.25, 0.3) is 11.0 Å². The number of nitrogens with zero attached hydrogens (tertiary/aromatic N) is 3. The molecule has 1 aromatic carbocycles. The predicted molar refractivity (Wildman–Crippen MR) is 117 cm³/mol. The standard InChI is InChI=1S/C21H22F2N4O5S/c1-21(29)9-3-4-16(21)27-17-12(10-15(18(27)28)32-19(22)23)11-24-20(26-17)25-13-5-7-14(8-6-13)33(2,30)31/h5-8,10-11,16,19,29H,3-4,9H2,1-2H3,(H,24,25,26)/t16-,21-/m1/s1. The molecule has 0 unspecified atom stereocenters. The average Bonchev–Trinajstić information content (AvgIpc) is 3.07. The molecule has 1 fully saturated rings. The second-order valence-electron chi connectivity index (χ2n) is 8.22. The van der Waals surface area contributed by atoms with Gasteiger partial charge in [0.05, 0.1) is 16.5 Å². The van der Waals surface area contributed by atoms with Gasteiger partial charge in [0.1, 0.15) is 5.65 Å². The third kappa shape index (κ3) is 4.67. The van der Waals surface area contributed by atoms with Crippen LogP contribution in [0.4, 0.5) is 20.4 Å². The molecular formula is C21H22F2N4O5S. The molecule has 2 N–H and O–H groups in total. The summed E-state index contributed by atoms with van der Waals surface area (Å²) in [7, 11) is -3.35. The molecule has 2 aromatic heterocycles. The molecule has 176 valence electrons. The summed E-state index contributed by atoms with van der Waals surface area (Å²) >= 11 is 0. The SMILES string of the molecule is C[C@@]1(O)CCC[C@H]1n1c(=O)c(OC(F)F)cc2cnc(Nc3ccc(S(C)(=O)=O)cc3)nc21. The van der Waals surface area contributed by atoms with Crippen LogP contribution in [-0.4, -0.2) is 46.5 Å². The molecule has 4 rings (SSSR count). The molecule has 3 aromatic rings. The van der Waals surface area contributed by atoms with Gasteiger partial charge in [0.15, 0.2) is 15.6 Å². The second-order valence-corrected chi connectivity index (χ2v) is 10.2. The van der Waals surface area contributed by atoms with Crippen molar-refractivity contribution >= 4 is 32.5 Å². The number of hydrogen-bond donors (Lipinski definition) is 2. The van der Waals surface area contributed by atoms with Crippen LogP contribution in [0.15, 0.2) is 46.2 Å². The number of anilines is 2. The number of fused-ring (bicyclic) bond motifs is 1. The first-order valence-corrected chi connectivity index (χ1v) is 12.0. The smallest absolute Gasteiger partial charge is 0.387 e. The Morgan fingerprint density at radius 1 is 1.30 bits per heavy atom. The maximum atomic E-state index is 13.1. The van der Waals surface area contributed by atoms with Crippen LogP contribution in [0, 0.1) is 0 Å². The minimum Gasteiger partial charge on any atom is -0.429 e. The number of ether oxygens (including phenoxy) is 1. The number of rotatable bonds is 6. The Labute approximate surface area is 188 Å². The van der Waals surface area contributed by atoms with Crippen molar-refractivity contribution < 1.29 is 27.0 Å². The number of sulfone groups is 1. The highest BCUT2D eigenvalue weighted by Crippen LogP contribution is 2.40. The highest BCUT2D eigenvalue weighted by atomic mass is 32.2. The van der Waals surface area contributed by atoms with E-state index in [9.17, 15) is 27.1 Å². The molecule has 33 heavy (non-hydrogen) atoms. The molecule has 0 spiro atoms. The summed E-state index contributed by atoms with van der Waals surface area (Å²) in [6.45, 7) is -1.60. The first kappa shape index (κ1) is 23.1. The van der Waals surface area contributed by atoms with Gasteiger partial charge in [0.25, 0.3) is 5.56 Å². The van der Waals surface area contributed by atoms with Gasteiger partial charge in [-0.2, -0.15) is 13.8 Å². The van der Waals surface area contributed by atoms with Gasteiger partial charge in [0, 0.05) is 23.5 Å². The summed E-state index contributed by atoms with van der Waals surface area (Å²) in [5.41, 5.74) is -1.41. The summed E-state index contributed by atoms with van der Waals surface area (Å²) in [5, 5.41) is 14.0. The molecule has 0 aliphatic heterocycles. The Morgan fingerprint density at radius 3 is 2.58 bits per heavy atom. The molecule has 0 radical (unpaired) electrons. The Hall–Kier alpha value is -3.12. The highest BCUT2D eigenvalue weighted by molar-refractivity contribution is 7.90. The van der Waals surface area contributed by atoms with Crippen LogP contribution in [0.3, 0.4) is 0 Å². The van der Waals surface area contributed by atoms with Gasteiger partial charge in [-0.25, -0.2) is 13.4 Å². The van der Waals surface area contributed by atoms with Gasteiger partial charge < -0.3 is 15.2 Å². The van der Waals surface area contributed by atoms with Gasteiger partial charge in [0.2, 0.25) is 5.95 Å². The monoisotopic (exact) mass is 480 g/mol. The summed E-state index contributed by atoms with van der Waals surface area (Å²) in [6, 6.07) is 6.40. The van der Waals surface area contributed by atoms with E-state index in [1.165, 1.54) is 22.9 Å². The minimum absolute atomic E-state index is 0.0999. The number of aliphatic hydroxyl groups is 1. The zero-order chi connectivity index (χ0) is 24.0. The molecule has 0 amide bonds. The van der Waals surface area contributed by atoms with Crippen molar-refractivity contribution in [3.8, 4) is 5.75 Å². The molecule has 1 aliphatic rings. The van der Waals surface area contributed by atoms with Crippen LogP contribution < -0.4 is 15.6 Å². The fourth-order valence-corrected chi connectivity index (χ4v) is 4.71. The minimum atomic E-state index is -3.35. The van der Waals surface area contributed by atoms with Crippen LogP contribution in [-0.2, 0) is 9.84 Å². The Kier molecular flexibility index (Phi) is 5.83. The van der Waals surface area contributed by atoms with Crippen LogP contribution in [0.1, 0.15) is 32.2 Å². The van der Waals surface area contributed by atoms with Gasteiger partial charge in [-0.3, -0.25) is 9.36 Å². The first-order valence-electron chi connectivity index (χ1n) is 10.1. The Balaban J connectivity index is 1.80. The number of halogens is 2. The average molecular weight is 480 g/mol. The molecule has 0 saturated heterocycles. The van der Waals surface area contributed by atoms with Gasteiger partial charge in [-0.05, 0) is 56.5 Å². The van der Waals surface area contributed by atoms with E-state index in [1.54, 1.807) is 19.1 Å². The maximum absolute atomic E-state index is 13.1. The van der Waals surface area contributed by atoms with Crippen molar-refractivity contribution in [1.29, 1.82) is 0 Å². The lowest BCUT2D eigenvalue weighted by molar-refractivity contribution is -0.0513. The van der Waals surface area contributed by atoms with E-state index in [-0.39, 0.29) is 21.9 Å². The fourth-order valence-electron chi connectivity index (χ4n) is 4.08. The second kappa shape index (κ2) is 8.34. The Bertz CT molecular complexity index is 1360. The lowest BCUT2D eigenvalue weighted by atomic mass is 10.00. The summed E-state index contributed by atoms with van der Waals surface area (Å²) in [6.07, 6.45) is 4.00. The number of nitrogens with one attached hydrogen (secondary N) is 1. The van der Waals surface area contributed by atoms with Crippen molar-refractivity contribution in [2.75, 3.05) is 11.6 Å². The number of aromatic nitrogens is 3. The van der Waals surface area contributed by atoms with Crippen molar-refractivity contribution in [1.82, 2.24) is 14.5 Å². The van der Waals surface area contributed by atoms with E-state index < -0.39 is 39.4 Å². The molecule has 1 saturated carbocycles. The predicted octanol–water partition coefficient (Wildman–Crippen LogP) is 3.02. The van der Waals surface area contributed by atoms with E-state index in [2.05, 4.69) is 20.0 Å². The largest absolute Gasteiger partial charge is 0.429 e. The number of alkyl halides is 2. The zero-order valence-corrected chi connectivity index (χ0v) is 18.6. The van der Waals surface area contributed by atoms with E-state index in [1.807, 2.05) is 0 Å². The quantitative estimate of drug-likeness (QED) is 0.552. The topological polar surface area (TPSA) is 123 Å². The third-order valence-electron chi connectivity index (χ3n) is 5.68. The van der Waals surface area contributed by atoms with Crippen molar-refractivity contribution in [3.05, 3.63) is 46.9 Å². The summed E-state index contributed by atoms with van der Waals surface area (Å²) < 4.78 is 54.6.